The number of hydrogen-bond acceptors (Lipinski definition) is 3. The van der Waals surface area contributed by atoms with Gasteiger partial charge in [0.15, 0.2) is 0 Å². The third kappa shape index (κ3) is 4.32. The molecule has 1 aliphatic rings. The average molecular weight is 455 g/mol. The molecule has 4 aromatic rings. The number of allylic oxidation sites excluding steroid dienone is 1. The summed E-state index contributed by atoms with van der Waals surface area (Å²) in [6.07, 6.45) is 1.86. The van der Waals surface area contributed by atoms with Gasteiger partial charge in [-0.05, 0) is 35.3 Å². The summed E-state index contributed by atoms with van der Waals surface area (Å²) in [5.41, 5.74) is 5.28. The van der Waals surface area contributed by atoms with Crippen molar-refractivity contribution in [3.05, 3.63) is 95.6 Å². The minimum absolute atomic E-state index is 0.0417. The molecular formula is C27H23FN4O2. The van der Waals surface area contributed by atoms with Crippen LogP contribution in [0.25, 0.3) is 22.0 Å². The highest BCUT2D eigenvalue weighted by molar-refractivity contribution is 5.95. The maximum Gasteiger partial charge on any atom is 0.228 e. The van der Waals surface area contributed by atoms with Gasteiger partial charge in [0.25, 0.3) is 0 Å². The molecule has 6 nitrogen and oxygen atoms in total. The molecule has 2 amide bonds. The van der Waals surface area contributed by atoms with Crippen LogP contribution in [0.5, 0.6) is 0 Å². The van der Waals surface area contributed by atoms with Crippen molar-refractivity contribution < 1.29 is 14.0 Å². The molecule has 1 aromatic heterocycles. The number of halogens is 1. The van der Waals surface area contributed by atoms with Crippen molar-refractivity contribution >= 4 is 28.4 Å². The normalized spacial score (nSPS) is 15.9. The van der Waals surface area contributed by atoms with E-state index < -0.39 is 5.82 Å². The quantitative estimate of drug-likeness (QED) is 0.384. The Labute approximate surface area is 195 Å². The Balaban J connectivity index is 1.38. The molecule has 0 spiro atoms. The van der Waals surface area contributed by atoms with E-state index in [1.54, 1.807) is 19.2 Å². The number of anilines is 1. The fourth-order valence-corrected chi connectivity index (χ4v) is 4.45. The van der Waals surface area contributed by atoms with E-state index in [1.807, 2.05) is 54.6 Å². The van der Waals surface area contributed by atoms with Crippen molar-refractivity contribution in [2.75, 3.05) is 5.32 Å². The Morgan fingerprint density at radius 1 is 1.09 bits per heavy atom. The zero-order chi connectivity index (χ0) is 23.7. The van der Waals surface area contributed by atoms with Crippen molar-refractivity contribution in [2.24, 2.45) is 0 Å². The van der Waals surface area contributed by atoms with E-state index in [1.165, 1.54) is 6.07 Å². The summed E-state index contributed by atoms with van der Waals surface area (Å²) >= 11 is 0. The van der Waals surface area contributed by atoms with E-state index >= 15 is 0 Å². The van der Waals surface area contributed by atoms with Gasteiger partial charge in [0.05, 0.1) is 23.8 Å². The van der Waals surface area contributed by atoms with Crippen LogP contribution < -0.4 is 10.6 Å². The van der Waals surface area contributed by atoms with Gasteiger partial charge in [-0.1, -0.05) is 54.6 Å². The van der Waals surface area contributed by atoms with Crippen LogP contribution in [0.1, 0.15) is 31.2 Å². The Bertz CT molecular complexity index is 1410. The first-order valence-electron chi connectivity index (χ1n) is 11.1. The minimum Gasteiger partial charge on any atom is -0.330 e. The van der Waals surface area contributed by atoms with Gasteiger partial charge in [-0.2, -0.15) is 5.10 Å². The van der Waals surface area contributed by atoms with Gasteiger partial charge in [-0.15, -0.1) is 0 Å². The molecule has 0 saturated carbocycles. The van der Waals surface area contributed by atoms with Crippen LogP contribution in [0.15, 0.2) is 84.2 Å². The van der Waals surface area contributed by atoms with E-state index in [0.29, 0.717) is 16.6 Å². The molecule has 3 N–H and O–H groups in total. The summed E-state index contributed by atoms with van der Waals surface area (Å²) < 4.78 is 14.5. The lowest BCUT2D eigenvalue weighted by atomic mass is 9.82. The van der Waals surface area contributed by atoms with Gasteiger partial charge in [-0.25, -0.2) is 4.39 Å². The number of amides is 2. The molecule has 170 valence electrons. The van der Waals surface area contributed by atoms with Crippen molar-refractivity contribution in [1.29, 1.82) is 0 Å². The number of fused-ring (bicyclic) bond motifs is 1. The SMILES string of the molecule is CC1=C(CC(=O)Nc2cc3cn[nH]c3cc2F)C(c2ccc(-c3ccccc3)cc2)CC(=O)N1. The second-order valence-corrected chi connectivity index (χ2v) is 8.46. The molecule has 34 heavy (non-hydrogen) atoms. The number of aromatic amines is 1. The third-order valence-electron chi connectivity index (χ3n) is 6.19. The molecule has 3 aromatic carbocycles. The van der Waals surface area contributed by atoms with Crippen LogP contribution in [0.3, 0.4) is 0 Å². The topological polar surface area (TPSA) is 86.9 Å². The van der Waals surface area contributed by atoms with Gasteiger partial charge >= 0.3 is 0 Å². The second-order valence-electron chi connectivity index (χ2n) is 8.46. The first-order valence-corrected chi connectivity index (χ1v) is 11.1. The summed E-state index contributed by atoms with van der Waals surface area (Å²) in [5, 5.41) is 12.8. The number of nitrogens with zero attached hydrogens (tertiary/aromatic N) is 1. The van der Waals surface area contributed by atoms with E-state index in [4.69, 9.17) is 0 Å². The lowest BCUT2D eigenvalue weighted by Gasteiger charge is -2.28. The van der Waals surface area contributed by atoms with Gasteiger partial charge in [-0.3, -0.25) is 14.7 Å². The molecule has 7 heteroatoms. The number of aromatic nitrogens is 2. The van der Waals surface area contributed by atoms with Crippen LogP contribution in [-0.2, 0) is 9.59 Å². The minimum atomic E-state index is -0.541. The van der Waals surface area contributed by atoms with Crippen LogP contribution >= 0.6 is 0 Å². The van der Waals surface area contributed by atoms with E-state index in [2.05, 4.69) is 20.8 Å². The van der Waals surface area contributed by atoms with Crippen molar-refractivity contribution in [2.45, 2.75) is 25.7 Å². The first-order chi connectivity index (χ1) is 16.5. The lowest BCUT2D eigenvalue weighted by molar-refractivity contribution is -0.121. The molecule has 1 aliphatic heterocycles. The molecule has 1 atom stereocenters. The Morgan fingerprint density at radius 2 is 1.82 bits per heavy atom. The first kappa shape index (κ1) is 21.6. The summed E-state index contributed by atoms with van der Waals surface area (Å²) in [4.78, 5) is 25.2. The Kier molecular flexibility index (Phi) is 5.67. The van der Waals surface area contributed by atoms with Crippen LogP contribution in [-0.4, -0.2) is 22.0 Å². The molecule has 2 heterocycles. The Morgan fingerprint density at radius 3 is 2.59 bits per heavy atom. The molecule has 0 bridgehead atoms. The number of carbonyl (C=O) groups excluding carboxylic acids is 2. The molecule has 0 radical (unpaired) electrons. The van der Waals surface area contributed by atoms with Gasteiger partial charge in [0.1, 0.15) is 5.82 Å². The molecule has 0 aliphatic carbocycles. The van der Waals surface area contributed by atoms with Gasteiger partial charge in [0.2, 0.25) is 11.8 Å². The zero-order valence-corrected chi connectivity index (χ0v) is 18.6. The summed E-state index contributed by atoms with van der Waals surface area (Å²) in [5.74, 6) is -1.21. The highest BCUT2D eigenvalue weighted by atomic mass is 19.1. The van der Waals surface area contributed by atoms with E-state index in [9.17, 15) is 14.0 Å². The standard InChI is InChI=1S/C27H23FN4O2/c1-16-21(12-27(34)31-25-11-20-15-29-32-24(20)14-23(25)28)22(13-26(33)30-16)19-9-7-18(8-10-19)17-5-3-2-4-6-17/h2-11,14-15,22H,12-13H2,1H3,(H,29,32)(H,30,33)(H,31,34). The smallest absolute Gasteiger partial charge is 0.228 e. The molecule has 5 rings (SSSR count). The summed E-state index contributed by atoms with van der Waals surface area (Å²) in [6.45, 7) is 1.79. The van der Waals surface area contributed by atoms with Crippen molar-refractivity contribution in [3.63, 3.8) is 0 Å². The van der Waals surface area contributed by atoms with Gasteiger partial charge in [0, 0.05) is 29.5 Å². The summed E-state index contributed by atoms with van der Waals surface area (Å²) in [6, 6.07) is 21.0. The molecule has 0 saturated heterocycles. The van der Waals surface area contributed by atoms with E-state index in [0.717, 1.165) is 22.3 Å². The van der Waals surface area contributed by atoms with Crippen LogP contribution in [0.2, 0.25) is 0 Å². The predicted octanol–water partition coefficient (Wildman–Crippen LogP) is 5.28. The highest BCUT2D eigenvalue weighted by Crippen LogP contribution is 2.36. The fourth-order valence-electron chi connectivity index (χ4n) is 4.45. The fraction of sp³-hybridized carbons (Fsp3) is 0.148. The number of carbonyl (C=O) groups is 2. The maximum atomic E-state index is 14.5. The van der Waals surface area contributed by atoms with Crippen molar-refractivity contribution in [1.82, 2.24) is 15.5 Å². The number of H-pyrrole nitrogens is 1. The zero-order valence-electron chi connectivity index (χ0n) is 18.6. The largest absolute Gasteiger partial charge is 0.330 e. The van der Waals surface area contributed by atoms with Crippen LogP contribution in [0, 0.1) is 5.82 Å². The lowest BCUT2D eigenvalue weighted by Crippen LogP contribution is -2.32. The summed E-state index contributed by atoms with van der Waals surface area (Å²) in [7, 11) is 0. The predicted molar refractivity (Wildman–Crippen MR) is 129 cm³/mol. The molecule has 0 fully saturated rings. The number of rotatable bonds is 5. The molecular weight excluding hydrogens is 431 g/mol. The van der Waals surface area contributed by atoms with Crippen LogP contribution in [0.4, 0.5) is 10.1 Å². The monoisotopic (exact) mass is 454 g/mol. The number of nitrogens with one attached hydrogen (secondary N) is 3. The second kappa shape index (κ2) is 8.94. The average Bonchev–Trinajstić information content (AvgIpc) is 3.28. The van der Waals surface area contributed by atoms with Crippen molar-refractivity contribution in [3.8, 4) is 11.1 Å². The number of hydrogen-bond donors (Lipinski definition) is 3. The van der Waals surface area contributed by atoms with E-state index in [-0.39, 0.29) is 36.3 Å². The third-order valence-corrected chi connectivity index (χ3v) is 6.19. The van der Waals surface area contributed by atoms with Gasteiger partial charge < -0.3 is 10.6 Å². The maximum absolute atomic E-state index is 14.5. The molecule has 1 unspecified atom stereocenters. The highest BCUT2D eigenvalue weighted by Gasteiger charge is 2.29. The Hall–Kier alpha value is -4.26. The number of benzene rings is 3.